The molecule has 0 unspecified atom stereocenters. The van der Waals surface area contributed by atoms with Crippen LogP contribution < -0.4 is 29.6 Å². The summed E-state index contributed by atoms with van der Waals surface area (Å²) >= 11 is 4.21. The monoisotopic (exact) mass is 204 g/mol. The van der Waals surface area contributed by atoms with Crippen LogP contribution in [0.5, 0.6) is 0 Å². The Morgan fingerprint density at radius 1 is 1.36 bits per heavy atom. The third-order valence-corrected chi connectivity index (χ3v) is 2.46. The Hall–Kier alpha value is 1.30. The summed E-state index contributed by atoms with van der Waals surface area (Å²) in [5.41, 5.74) is 0. The summed E-state index contributed by atoms with van der Waals surface area (Å²) in [6, 6.07) is 0. The van der Waals surface area contributed by atoms with E-state index in [2.05, 4.69) is 25.5 Å². The molecule has 0 aliphatic rings. The van der Waals surface area contributed by atoms with E-state index in [4.69, 9.17) is 0 Å². The second kappa shape index (κ2) is 6.78. The van der Waals surface area contributed by atoms with E-state index in [1.54, 1.807) is 0 Å². The van der Waals surface area contributed by atoms with Gasteiger partial charge in [0.1, 0.15) is 0 Å². The van der Waals surface area contributed by atoms with Crippen molar-refractivity contribution in [2.45, 2.75) is 26.7 Å². The molecular formula is C6H13NaO2S2. The van der Waals surface area contributed by atoms with E-state index in [9.17, 15) is 8.42 Å². The largest absolute Gasteiger partial charge is 1.00 e. The summed E-state index contributed by atoms with van der Waals surface area (Å²) in [4.78, 5) is 0. The van der Waals surface area contributed by atoms with Crippen LogP contribution in [0.25, 0.3) is 0 Å². The first kappa shape index (κ1) is 14.8. The molecule has 0 aliphatic carbocycles. The molecule has 0 heterocycles. The standard InChI is InChI=1S/C6H14O2S2.Na/c1-6(2)4-3-5-10(7,8)9;/h6H,3-5H2,1-2H3,(H,7,8,9);/q;+1/p-1. The van der Waals surface area contributed by atoms with Gasteiger partial charge in [0, 0.05) is 14.6 Å². The van der Waals surface area contributed by atoms with Gasteiger partial charge in [-0.2, -0.15) is 0 Å². The summed E-state index contributed by atoms with van der Waals surface area (Å²) in [5.74, 6) is 0.720. The molecular weight excluding hydrogens is 191 g/mol. The van der Waals surface area contributed by atoms with E-state index in [1.165, 1.54) is 0 Å². The van der Waals surface area contributed by atoms with Crippen molar-refractivity contribution in [2.75, 3.05) is 5.75 Å². The van der Waals surface area contributed by atoms with Crippen molar-refractivity contribution in [3.63, 3.8) is 0 Å². The van der Waals surface area contributed by atoms with Crippen molar-refractivity contribution >= 4 is 20.5 Å². The molecule has 0 bridgehead atoms. The summed E-state index contributed by atoms with van der Waals surface area (Å²) in [5, 5.41) is 0. The molecule has 0 saturated carbocycles. The molecule has 0 atom stereocenters. The minimum absolute atomic E-state index is 0. The Morgan fingerprint density at radius 2 is 1.82 bits per heavy atom. The molecule has 11 heavy (non-hydrogen) atoms. The van der Waals surface area contributed by atoms with Crippen LogP contribution in [0.2, 0.25) is 0 Å². The van der Waals surface area contributed by atoms with Crippen molar-refractivity contribution < 1.29 is 38.0 Å². The minimum Gasteiger partial charge on any atom is -0.649 e. The molecule has 0 saturated heterocycles. The van der Waals surface area contributed by atoms with Gasteiger partial charge < -0.3 is 11.7 Å². The van der Waals surface area contributed by atoms with Crippen LogP contribution >= 0.6 is 0 Å². The summed E-state index contributed by atoms with van der Waals surface area (Å²) < 4.78 is 20.9. The molecule has 0 aliphatic heterocycles. The Labute approximate surface area is 96.2 Å². The van der Waals surface area contributed by atoms with Gasteiger partial charge in [0.15, 0.2) is 0 Å². The number of hydrogen-bond donors (Lipinski definition) is 0. The average Bonchev–Trinajstić information content (AvgIpc) is 1.59. The van der Waals surface area contributed by atoms with Crippen LogP contribution in [0.1, 0.15) is 26.7 Å². The van der Waals surface area contributed by atoms with Crippen molar-refractivity contribution in [3.05, 3.63) is 0 Å². The zero-order valence-electron chi connectivity index (χ0n) is 7.33. The Kier molecular flexibility index (Phi) is 9.12. The molecule has 0 spiro atoms. The molecule has 0 N–H and O–H groups in total. The quantitative estimate of drug-likeness (QED) is 0.311. The maximum absolute atomic E-state index is 10.4. The number of rotatable bonds is 4. The predicted octanol–water partition coefficient (Wildman–Crippen LogP) is -1.70. The van der Waals surface area contributed by atoms with Gasteiger partial charge >= 0.3 is 29.6 Å². The van der Waals surface area contributed by atoms with Crippen LogP contribution in [0, 0.1) is 5.92 Å². The molecule has 0 amide bonds. The summed E-state index contributed by atoms with van der Waals surface area (Å²) in [6.45, 7) is 4.13. The average molecular weight is 204 g/mol. The van der Waals surface area contributed by atoms with Crippen LogP contribution in [-0.4, -0.2) is 14.2 Å². The zero-order valence-corrected chi connectivity index (χ0v) is 11.0. The third-order valence-electron chi connectivity index (χ3n) is 1.18. The normalized spacial score (nSPS) is 11.3. The van der Waals surface area contributed by atoms with E-state index < -0.39 is 8.87 Å². The predicted molar refractivity (Wildman–Crippen MR) is 45.2 cm³/mol. The van der Waals surface area contributed by atoms with Gasteiger partial charge in [-0.15, -0.1) is 0 Å². The maximum Gasteiger partial charge on any atom is 1.00 e. The zero-order chi connectivity index (χ0) is 8.20. The number of hydrogen-bond acceptors (Lipinski definition) is 3. The van der Waals surface area contributed by atoms with Crippen molar-refractivity contribution in [3.8, 4) is 0 Å². The van der Waals surface area contributed by atoms with Gasteiger partial charge in [-0.25, -0.2) is 0 Å². The molecule has 0 aromatic heterocycles. The van der Waals surface area contributed by atoms with Gasteiger partial charge in [0.25, 0.3) is 0 Å². The van der Waals surface area contributed by atoms with E-state index in [1.807, 2.05) is 0 Å². The molecule has 0 aromatic rings. The molecule has 0 rings (SSSR count). The minimum atomic E-state index is -3.14. The van der Waals surface area contributed by atoms with Gasteiger partial charge in [0.2, 0.25) is 0 Å². The van der Waals surface area contributed by atoms with Crippen molar-refractivity contribution in [2.24, 2.45) is 5.92 Å². The Balaban J connectivity index is 0. The van der Waals surface area contributed by atoms with E-state index in [-0.39, 0.29) is 35.3 Å². The molecule has 0 aromatic carbocycles. The van der Waals surface area contributed by atoms with E-state index >= 15 is 0 Å². The SMILES string of the molecule is CC(C)CCCS(=O)(=O)[S-].[Na+]. The molecule has 5 heteroatoms. The summed E-state index contributed by atoms with van der Waals surface area (Å²) in [7, 11) is -3.14. The maximum atomic E-state index is 10.4. The second-order valence-electron chi connectivity index (χ2n) is 2.80. The first-order valence-corrected chi connectivity index (χ1v) is 5.93. The Bertz CT molecular complexity index is 175. The van der Waals surface area contributed by atoms with Crippen LogP contribution in [-0.2, 0) is 20.5 Å². The van der Waals surface area contributed by atoms with Gasteiger partial charge in [-0.1, -0.05) is 20.3 Å². The van der Waals surface area contributed by atoms with Crippen LogP contribution in [0.4, 0.5) is 0 Å². The topological polar surface area (TPSA) is 34.1 Å². The van der Waals surface area contributed by atoms with Gasteiger partial charge in [-0.05, 0) is 12.3 Å². The smallest absolute Gasteiger partial charge is 0.649 e. The van der Waals surface area contributed by atoms with E-state index in [0.717, 1.165) is 6.42 Å². The fourth-order valence-electron chi connectivity index (χ4n) is 0.668. The van der Waals surface area contributed by atoms with Crippen LogP contribution in [0.15, 0.2) is 0 Å². The van der Waals surface area contributed by atoms with Gasteiger partial charge in [-0.3, -0.25) is 8.42 Å². The van der Waals surface area contributed by atoms with Crippen LogP contribution in [0.3, 0.4) is 0 Å². The van der Waals surface area contributed by atoms with Crippen molar-refractivity contribution in [1.29, 1.82) is 0 Å². The first-order chi connectivity index (χ1) is 4.42. The van der Waals surface area contributed by atoms with E-state index in [0.29, 0.717) is 12.3 Å². The first-order valence-electron chi connectivity index (χ1n) is 3.35. The Morgan fingerprint density at radius 3 is 2.09 bits per heavy atom. The fraction of sp³-hybridized carbons (Fsp3) is 1.00. The van der Waals surface area contributed by atoms with Gasteiger partial charge in [0.05, 0.1) is 0 Å². The summed E-state index contributed by atoms with van der Waals surface area (Å²) in [6.07, 6.45) is 1.64. The molecule has 2 nitrogen and oxygen atoms in total. The fourth-order valence-corrected chi connectivity index (χ4v) is 1.54. The third kappa shape index (κ3) is 14.2. The van der Waals surface area contributed by atoms with Crippen molar-refractivity contribution in [1.82, 2.24) is 0 Å². The second-order valence-corrected chi connectivity index (χ2v) is 5.85. The molecule has 0 fully saturated rings. The molecule has 0 radical (unpaired) electrons. The molecule has 62 valence electrons.